The molecule has 9 unspecified atom stereocenters. The van der Waals surface area contributed by atoms with Gasteiger partial charge >= 0.3 is 0 Å². The first kappa shape index (κ1) is 56.3. The fraction of sp³-hybridized carbons (Fsp3) is 0.564. The zero-order valence-corrected chi connectivity index (χ0v) is 52.8. The molecule has 0 bridgehead atoms. The number of aliphatic hydroxyl groups excluding tert-OH is 2. The average molecular weight is 1160 g/mol. The smallest absolute Gasteiger partial charge is 0.155 e. The van der Waals surface area contributed by atoms with Gasteiger partial charge in [-0.2, -0.15) is 0 Å². The second-order valence-corrected chi connectivity index (χ2v) is 31.4. The van der Waals surface area contributed by atoms with E-state index in [9.17, 15) is 15.0 Å². The highest BCUT2D eigenvalue weighted by atomic mass is 16.3. The van der Waals surface area contributed by atoms with Crippen LogP contribution in [0, 0.1) is 85.8 Å². The van der Waals surface area contributed by atoms with Crippen molar-refractivity contribution in [3.63, 3.8) is 0 Å². The molecule has 454 valence electrons. The molecule has 3 aromatic carbocycles. The Balaban J connectivity index is 0.000000106. The number of rotatable bonds is 3. The number of para-hydroxylation sites is 6. The third kappa shape index (κ3) is 8.48. The number of hydrogen-bond donors (Lipinski definition) is 2. The SMILES string of the molecule is C[C@]12CCC(=O)C=C1CCC1C2CC[C@]2(C)C(n3cnc4ccccc43)=CCC12.C[C@]12CC[C@@H](O)CC1=CCC1C2CC[C@]2(C)C(n3cnc4ccccc43)=CCC12.C[C@]12CC[C@H](O)C=C1CCC1C2CC[C@]2(C)C(n3cnc4ccccc43)=CCC12. The van der Waals surface area contributed by atoms with Gasteiger partial charge in [0.25, 0.3) is 0 Å². The molecule has 12 aliphatic carbocycles. The number of carbonyl (C=O) groups excluding carboxylic acids is 1. The molecule has 6 aromatic rings. The molecule has 0 radical (unpaired) electrons. The summed E-state index contributed by atoms with van der Waals surface area (Å²) in [5, 5.41) is 20.4. The number of ketones is 1. The third-order valence-electron chi connectivity index (χ3n) is 27.9. The molecule has 0 amide bonds. The number of nitrogens with zero attached hydrogens (tertiary/aromatic N) is 6. The molecule has 0 aliphatic heterocycles. The summed E-state index contributed by atoms with van der Waals surface area (Å²) in [6.07, 6.45) is 44.4. The van der Waals surface area contributed by atoms with Crippen molar-refractivity contribution in [3.05, 3.63) is 145 Å². The molecule has 9 nitrogen and oxygen atoms in total. The van der Waals surface area contributed by atoms with Gasteiger partial charge in [0.2, 0.25) is 0 Å². The van der Waals surface area contributed by atoms with E-state index in [1.807, 2.05) is 25.1 Å². The van der Waals surface area contributed by atoms with E-state index in [-0.39, 0.29) is 33.9 Å². The first-order valence-electron chi connectivity index (χ1n) is 34.4. The van der Waals surface area contributed by atoms with Crippen LogP contribution < -0.4 is 0 Å². The summed E-state index contributed by atoms with van der Waals surface area (Å²) in [5.74, 6) is 7.16. The van der Waals surface area contributed by atoms with Crippen molar-refractivity contribution in [3.8, 4) is 0 Å². The Bertz CT molecular complexity index is 3940. The van der Waals surface area contributed by atoms with Crippen molar-refractivity contribution in [2.24, 2.45) is 85.8 Å². The second kappa shape index (κ2) is 20.6. The minimum absolute atomic E-state index is 0.117. The number of fused-ring (bicyclic) bond motifs is 18. The third-order valence-corrected chi connectivity index (χ3v) is 27.9. The maximum absolute atomic E-state index is 12.0. The zero-order valence-electron chi connectivity index (χ0n) is 52.8. The largest absolute Gasteiger partial charge is 0.393 e. The fourth-order valence-corrected chi connectivity index (χ4v) is 23.1. The molecule has 9 heteroatoms. The molecule has 12 aliphatic rings. The molecule has 3 aromatic heterocycles. The lowest BCUT2D eigenvalue weighted by Gasteiger charge is -2.58. The van der Waals surface area contributed by atoms with E-state index < -0.39 is 0 Å². The summed E-state index contributed by atoms with van der Waals surface area (Å²) in [5.41, 5.74) is 17.6. The molecule has 0 saturated heterocycles. The van der Waals surface area contributed by atoms with E-state index in [4.69, 9.17) is 0 Å². The lowest BCUT2D eigenvalue weighted by atomic mass is 9.47. The minimum Gasteiger partial charge on any atom is -0.393 e. The number of hydrogen-bond acceptors (Lipinski definition) is 6. The van der Waals surface area contributed by atoms with Crippen molar-refractivity contribution in [1.29, 1.82) is 0 Å². The van der Waals surface area contributed by atoms with Crippen LogP contribution in [0.5, 0.6) is 0 Å². The number of imidazole rings is 3. The molecule has 17 atom stereocenters. The van der Waals surface area contributed by atoms with Gasteiger partial charge in [0.05, 0.1) is 45.3 Å². The van der Waals surface area contributed by atoms with Gasteiger partial charge in [-0.05, 0) is 240 Å². The second-order valence-electron chi connectivity index (χ2n) is 31.4. The molecule has 87 heavy (non-hydrogen) atoms. The van der Waals surface area contributed by atoms with Gasteiger partial charge in [-0.15, -0.1) is 0 Å². The summed E-state index contributed by atoms with van der Waals surface area (Å²) in [6, 6.07) is 25.5. The van der Waals surface area contributed by atoms with Crippen molar-refractivity contribution in [1.82, 2.24) is 28.7 Å². The van der Waals surface area contributed by atoms with Gasteiger partial charge in [-0.1, -0.05) is 125 Å². The number of benzene rings is 3. The average Bonchev–Trinajstić information content (AvgIpc) is 1.74. The van der Waals surface area contributed by atoms with Crippen LogP contribution in [-0.2, 0) is 4.79 Å². The van der Waals surface area contributed by atoms with E-state index in [0.717, 1.165) is 115 Å². The molecular formula is C78H94N6O3. The topological polar surface area (TPSA) is 111 Å². The van der Waals surface area contributed by atoms with E-state index in [1.54, 1.807) is 11.1 Å². The summed E-state index contributed by atoms with van der Waals surface area (Å²) in [4.78, 5) is 26.1. The summed E-state index contributed by atoms with van der Waals surface area (Å²) >= 11 is 0. The molecule has 6 saturated carbocycles. The van der Waals surface area contributed by atoms with E-state index in [1.165, 1.54) is 123 Å². The van der Waals surface area contributed by atoms with Crippen LogP contribution in [0.15, 0.2) is 145 Å². The maximum Gasteiger partial charge on any atom is 0.155 e. The Morgan fingerprint density at radius 1 is 0.414 bits per heavy atom. The van der Waals surface area contributed by atoms with Gasteiger partial charge in [-0.25, -0.2) is 15.0 Å². The van der Waals surface area contributed by atoms with Crippen molar-refractivity contribution in [2.75, 3.05) is 0 Å². The molecule has 2 N–H and O–H groups in total. The predicted octanol–water partition coefficient (Wildman–Crippen LogP) is 17.6. The van der Waals surface area contributed by atoms with Gasteiger partial charge in [-0.3, -0.25) is 4.79 Å². The molecule has 18 rings (SSSR count). The van der Waals surface area contributed by atoms with Gasteiger partial charge < -0.3 is 23.9 Å². The predicted molar refractivity (Wildman–Crippen MR) is 350 cm³/mol. The lowest BCUT2D eigenvalue weighted by Crippen LogP contribution is -2.50. The van der Waals surface area contributed by atoms with Crippen LogP contribution in [0.25, 0.3) is 50.2 Å². The molecule has 3 heterocycles. The van der Waals surface area contributed by atoms with Crippen LogP contribution in [0.1, 0.15) is 176 Å². The first-order valence-corrected chi connectivity index (χ1v) is 34.4. The Hall–Kier alpha value is -5.90. The van der Waals surface area contributed by atoms with Crippen LogP contribution in [0.3, 0.4) is 0 Å². The first-order chi connectivity index (χ1) is 42.0. The van der Waals surface area contributed by atoms with Crippen LogP contribution in [-0.4, -0.2) is 56.9 Å². The van der Waals surface area contributed by atoms with Gasteiger partial charge in [0.15, 0.2) is 5.78 Å². The van der Waals surface area contributed by atoms with Crippen molar-refractivity contribution >= 4 is 56.0 Å². The monoisotopic (exact) mass is 1160 g/mol. The van der Waals surface area contributed by atoms with E-state index in [2.05, 4.69) is 173 Å². The summed E-state index contributed by atoms with van der Waals surface area (Å²) in [7, 11) is 0. The summed E-state index contributed by atoms with van der Waals surface area (Å²) < 4.78 is 7.12. The maximum atomic E-state index is 12.0. The minimum atomic E-state index is -0.210. The van der Waals surface area contributed by atoms with Crippen molar-refractivity contribution < 1.29 is 15.0 Å². The molecular weight excluding hydrogens is 1070 g/mol. The van der Waals surface area contributed by atoms with Crippen LogP contribution in [0.4, 0.5) is 0 Å². The normalized spacial score (nSPS) is 40.5. The van der Waals surface area contributed by atoms with Crippen LogP contribution >= 0.6 is 0 Å². The highest BCUT2D eigenvalue weighted by molar-refractivity contribution is 5.91. The Kier molecular flexibility index (Phi) is 13.3. The number of aromatic nitrogens is 6. The van der Waals surface area contributed by atoms with Crippen LogP contribution in [0.2, 0.25) is 0 Å². The highest BCUT2D eigenvalue weighted by Gasteiger charge is 2.61. The quantitative estimate of drug-likeness (QED) is 0.171. The number of aliphatic hydroxyl groups is 2. The Morgan fingerprint density at radius 3 is 1.33 bits per heavy atom. The Labute approximate surface area is 516 Å². The summed E-state index contributed by atoms with van der Waals surface area (Å²) in [6.45, 7) is 15.1. The highest BCUT2D eigenvalue weighted by Crippen LogP contribution is 2.70. The zero-order chi connectivity index (χ0) is 59.4. The van der Waals surface area contributed by atoms with E-state index >= 15 is 0 Å². The number of carbonyl (C=O) groups is 1. The van der Waals surface area contributed by atoms with Crippen molar-refractivity contribution in [2.45, 2.75) is 189 Å². The lowest BCUT2D eigenvalue weighted by molar-refractivity contribution is -0.117. The molecule has 0 spiro atoms. The number of allylic oxidation sites excluding steroid dienone is 10. The molecule has 6 fully saturated rings. The Morgan fingerprint density at radius 2 is 0.828 bits per heavy atom. The van der Waals surface area contributed by atoms with E-state index in [0.29, 0.717) is 22.5 Å². The van der Waals surface area contributed by atoms with Gasteiger partial charge in [0, 0.05) is 39.8 Å². The fourth-order valence-electron chi connectivity index (χ4n) is 23.1. The standard InChI is InChI=1S/2C26H32N2O.C26H30N2O/c3*1-25-13-11-18(29)15-17(25)7-8-19-20-9-10-24(26(20,2)14-12-21(19)25)28-16-27-22-5-3-4-6-23(22)28/h3-6,10,15-16,18-21,29H,7-9,11-14H2,1-2H3;3-7,10,16,18-21,29H,8-9,11-15H2,1-2H3;3-6,10,15-16,19-21H,7-9,11-14H2,1-2H3/t18-,19?,20?,21?,25-,26-;18-,19?,20?,21?,25+,26+;19?,20?,21?,25-,26-/m010/s1. The van der Waals surface area contributed by atoms with Gasteiger partial charge in [0.1, 0.15) is 19.0 Å².